The van der Waals surface area contributed by atoms with Crippen LogP contribution in [-0.4, -0.2) is 0 Å². The van der Waals surface area contributed by atoms with Crippen LogP contribution in [0.1, 0.15) is 78.6 Å². The van der Waals surface area contributed by atoms with Crippen LogP contribution in [0, 0.1) is 17.8 Å². The molecule has 0 heterocycles. The van der Waals surface area contributed by atoms with Crippen molar-refractivity contribution in [2.45, 2.75) is 78.6 Å². The molecule has 0 N–H and O–H groups in total. The minimum atomic E-state index is 0.504. The number of hydrogen-bond donors (Lipinski definition) is 0. The van der Waals surface area contributed by atoms with E-state index in [1.54, 1.807) is 0 Å². The topological polar surface area (TPSA) is 0 Å². The van der Waals surface area contributed by atoms with Gasteiger partial charge in [0.15, 0.2) is 0 Å². The van der Waals surface area contributed by atoms with E-state index in [0.29, 0.717) is 5.41 Å². The Morgan fingerprint density at radius 2 is 1.47 bits per heavy atom. The van der Waals surface area contributed by atoms with E-state index in [4.69, 9.17) is 0 Å². The summed E-state index contributed by atoms with van der Waals surface area (Å²) in [5, 5.41) is 0. The van der Waals surface area contributed by atoms with Gasteiger partial charge in [-0.2, -0.15) is 0 Å². The van der Waals surface area contributed by atoms with Gasteiger partial charge in [0, 0.05) is 0 Å². The molecule has 0 amide bonds. The Morgan fingerprint density at radius 3 is 2.07 bits per heavy atom. The molecule has 0 aromatic heterocycles. The molecule has 0 nitrogen and oxygen atoms in total. The molecule has 0 spiro atoms. The van der Waals surface area contributed by atoms with Gasteiger partial charge in [0.05, 0.1) is 0 Å². The molecule has 0 aromatic rings. The molecule has 0 saturated heterocycles. The lowest BCUT2D eigenvalue weighted by atomic mass is 9.70. The summed E-state index contributed by atoms with van der Waals surface area (Å²) in [6.45, 7) is 7.18. The van der Waals surface area contributed by atoms with Crippen LogP contribution in [0.2, 0.25) is 0 Å². The Labute approximate surface area is 96.8 Å². The maximum Gasteiger partial charge on any atom is -0.0272 e. The van der Waals surface area contributed by atoms with Gasteiger partial charge in [-0.3, -0.25) is 0 Å². The molecular weight excluding hydrogens is 180 g/mol. The molecule has 0 heteroatoms. The van der Waals surface area contributed by atoms with Gasteiger partial charge in [-0.15, -0.1) is 0 Å². The summed E-state index contributed by atoms with van der Waals surface area (Å²) < 4.78 is 0. The zero-order valence-electron chi connectivity index (χ0n) is 11.0. The predicted octanol–water partition coefficient (Wildman–Crippen LogP) is 5.38. The first-order chi connectivity index (χ1) is 7.19. The highest BCUT2D eigenvalue weighted by molar-refractivity contribution is 4.89. The molecule has 0 bridgehead atoms. The maximum atomic E-state index is 2.47. The van der Waals surface area contributed by atoms with Crippen molar-refractivity contribution in [1.82, 2.24) is 0 Å². The smallest absolute Gasteiger partial charge is 0.0272 e. The van der Waals surface area contributed by atoms with Crippen LogP contribution in [0.4, 0.5) is 0 Å². The fourth-order valence-electron chi connectivity index (χ4n) is 2.85. The van der Waals surface area contributed by atoms with Crippen molar-refractivity contribution in [3.63, 3.8) is 0 Å². The zero-order valence-corrected chi connectivity index (χ0v) is 11.0. The SMILES string of the molecule is C[CH]C1(C)CCCCCCCCCC1C. The number of rotatable bonds is 1. The molecule has 0 aliphatic heterocycles. The molecule has 1 aliphatic carbocycles. The van der Waals surface area contributed by atoms with Gasteiger partial charge >= 0.3 is 0 Å². The minimum Gasteiger partial charge on any atom is -0.0620 e. The molecule has 89 valence electrons. The van der Waals surface area contributed by atoms with Crippen LogP contribution >= 0.6 is 0 Å². The second kappa shape index (κ2) is 6.55. The van der Waals surface area contributed by atoms with E-state index in [-0.39, 0.29) is 0 Å². The summed E-state index contributed by atoms with van der Waals surface area (Å²) in [4.78, 5) is 0. The van der Waals surface area contributed by atoms with Crippen LogP contribution in [0.3, 0.4) is 0 Å². The molecule has 1 aliphatic rings. The van der Waals surface area contributed by atoms with Crippen molar-refractivity contribution in [3.05, 3.63) is 6.42 Å². The van der Waals surface area contributed by atoms with Gasteiger partial charge in [0.2, 0.25) is 0 Å². The summed E-state index contributed by atoms with van der Waals surface area (Å²) >= 11 is 0. The van der Waals surface area contributed by atoms with E-state index in [0.717, 1.165) is 5.92 Å². The van der Waals surface area contributed by atoms with Crippen LogP contribution < -0.4 is 0 Å². The normalized spacial score (nSPS) is 35.8. The Hall–Kier alpha value is 0. The first kappa shape index (κ1) is 13.1. The van der Waals surface area contributed by atoms with E-state index in [9.17, 15) is 0 Å². The largest absolute Gasteiger partial charge is 0.0620 e. The Morgan fingerprint density at radius 1 is 0.933 bits per heavy atom. The Bertz CT molecular complexity index is 161. The highest BCUT2D eigenvalue weighted by Crippen LogP contribution is 2.39. The average Bonchev–Trinajstić information content (AvgIpc) is 2.28. The molecule has 2 atom stereocenters. The highest BCUT2D eigenvalue weighted by Gasteiger charge is 2.28. The van der Waals surface area contributed by atoms with E-state index in [2.05, 4.69) is 27.2 Å². The highest BCUT2D eigenvalue weighted by atomic mass is 14.3. The van der Waals surface area contributed by atoms with E-state index in [1.807, 2.05) is 0 Å². The van der Waals surface area contributed by atoms with Crippen LogP contribution in [0.25, 0.3) is 0 Å². The van der Waals surface area contributed by atoms with Gasteiger partial charge in [-0.1, -0.05) is 72.1 Å². The summed E-state index contributed by atoms with van der Waals surface area (Å²) in [6.07, 6.45) is 15.5. The molecule has 0 aromatic carbocycles. The third kappa shape index (κ3) is 4.17. The molecular formula is C15H29. The molecule has 1 fully saturated rings. The summed E-state index contributed by atoms with van der Waals surface area (Å²) in [7, 11) is 0. The number of hydrogen-bond acceptors (Lipinski definition) is 0. The first-order valence-electron chi connectivity index (χ1n) is 6.99. The second-order valence-corrected chi connectivity index (χ2v) is 5.71. The fourth-order valence-corrected chi connectivity index (χ4v) is 2.85. The summed E-state index contributed by atoms with van der Waals surface area (Å²) in [6, 6.07) is 0. The van der Waals surface area contributed by atoms with E-state index < -0.39 is 0 Å². The van der Waals surface area contributed by atoms with Crippen molar-refractivity contribution in [2.75, 3.05) is 0 Å². The van der Waals surface area contributed by atoms with Crippen molar-refractivity contribution >= 4 is 0 Å². The van der Waals surface area contributed by atoms with Gasteiger partial charge in [0.25, 0.3) is 0 Å². The lowest BCUT2D eigenvalue weighted by molar-refractivity contribution is 0.209. The third-order valence-corrected chi connectivity index (χ3v) is 4.64. The molecule has 1 rings (SSSR count). The lowest BCUT2D eigenvalue weighted by Crippen LogP contribution is -2.25. The van der Waals surface area contributed by atoms with Crippen molar-refractivity contribution in [2.24, 2.45) is 11.3 Å². The monoisotopic (exact) mass is 209 g/mol. The second-order valence-electron chi connectivity index (χ2n) is 5.71. The van der Waals surface area contributed by atoms with Crippen molar-refractivity contribution in [1.29, 1.82) is 0 Å². The van der Waals surface area contributed by atoms with Gasteiger partial charge in [-0.05, 0) is 24.2 Å². The van der Waals surface area contributed by atoms with Crippen LogP contribution in [-0.2, 0) is 0 Å². The Kier molecular flexibility index (Phi) is 5.71. The first-order valence-corrected chi connectivity index (χ1v) is 6.99. The van der Waals surface area contributed by atoms with Crippen LogP contribution in [0.5, 0.6) is 0 Å². The molecule has 1 saturated carbocycles. The minimum absolute atomic E-state index is 0.504. The summed E-state index contributed by atoms with van der Waals surface area (Å²) in [5.74, 6) is 0.876. The van der Waals surface area contributed by atoms with E-state index in [1.165, 1.54) is 57.8 Å². The van der Waals surface area contributed by atoms with Crippen molar-refractivity contribution < 1.29 is 0 Å². The lowest BCUT2D eigenvalue weighted by Gasteiger charge is -2.35. The van der Waals surface area contributed by atoms with Crippen LogP contribution in [0.15, 0.2) is 0 Å². The standard InChI is InChI=1S/C15H29/c1-4-15(3)13-11-9-7-5-6-8-10-12-14(15)2/h4,14H,5-13H2,1-3H3. The fraction of sp³-hybridized carbons (Fsp3) is 0.933. The molecule has 15 heavy (non-hydrogen) atoms. The van der Waals surface area contributed by atoms with Gasteiger partial charge in [-0.25, -0.2) is 0 Å². The van der Waals surface area contributed by atoms with E-state index >= 15 is 0 Å². The Balaban J connectivity index is 2.50. The maximum absolute atomic E-state index is 2.47. The van der Waals surface area contributed by atoms with Crippen molar-refractivity contribution in [3.8, 4) is 0 Å². The third-order valence-electron chi connectivity index (χ3n) is 4.64. The zero-order chi connectivity index (χ0) is 11.1. The predicted molar refractivity (Wildman–Crippen MR) is 68.8 cm³/mol. The summed E-state index contributed by atoms with van der Waals surface area (Å²) in [5.41, 5.74) is 0.504. The molecule has 2 unspecified atom stereocenters. The quantitative estimate of drug-likeness (QED) is 0.544. The van der Waals surface area contributed by atoms with Gasteiger partial charge < -0.3 is 0 Å². The average molecular weight is 209 g/mol. The molecule has 1 radical (unpaired) electrons. The van der Waals surface area contributed by atoms with Gasteiger partial charge in [0.1, 0.15) is 0 Å².